The average molecular weight is 302 g/mol. The highest BCUT2D eigenvalue weighted by Crippen LogP contribution is 2.41. The Morgan fingerprint density at radius 3 is 2.67 bits per heavy atom. The highest BCUT2D eigenvalue weighted by molar-refractivity contribution is 5.77. The second-order valence-corrected chi connectivity index (χ2v) is 4.81. The van der Waals surface area contributed by atoms with Crippen LogP contribution in [0.4, 0.5) is 13.2 Å². The second kappa shape index (κ2) is 6.34. The molecule has 0 aromatic heterocycles. The number of hydrogen-bond donors (Lipinski definition) is 1. The van der Waals surface area contributed by atoms with Crippen LogP contribution in [0.25, 0.3) is 0 Å². The van der Waals surface area contributed by atoms with Crippen molar-refractivity contribution in [1.82, 2.24) is 10.4 Å². The van der Waals surface area contributed by atoms with Gasteiger partial charge in [-0.15, -0.1) is 0 Å². The average Bonchev–Trinajstić information content (AvgIpc) is 2.82. The van der Waals surface area contributed by atoms with Crippen molar-refractivity contribution in [2.24, 2.45) is 0 Å². The summed E-state index contributed by atoms with van der Waals surface area (Å²) in [7, 11) is 0. The molecule has 1 unspecified atom stereocenters. The van der Waals surface area contributed by atoms with Crippen LogP contribution in [0.3, 0.4) is 0 Å². The molecule has 1 saturated heterocycles. The fraction of sp³-hybridized carbons (Fsp3) is 0.500. The van der Waals surface area contributed by atoms with Crippen LogP contribution in [0.15, 0.2) is 24.3 Å². The van der Waals surface area contributed by atoms with Gasteiger partial charge in [0.1, 0.15) is 5.75 Å². The first-order valence-electron chi connectivity index (χ1n) is 6.78. The summed E-state index contributed by atoms with van der Waals surface area (Å²) in [5.74, 6) is -0.209. The molecule has 21 heavy (non-hydrogen) atoms. The summed E-state index contributed by atoms with van der Waals surface area (Å²) in [6.45, 7) is 2.24. The predicted octanol–water partition coefficient (Wildman–Crippen LogP) is 2.82. The third kappa shape index (κ3) is 3.66. The first-order valence-corrected chi connectivity index (χ1v) is 6.78. The number of ether oxygens (including phenoxy) is 1. The molecule has 4 nitrogen and oxygen atoms in total. The number of carbonyl (C=O) groups is 1. The van der Waals surface area contributed by atoms with Crippen LogP contribution in [0.5, 0.6) is 5.75 Å². The van der Waals surface area contributed by atoms with Gasteiger partial charge in [0.15, 0.2) is 6.04 Å². The highest BCUT2D eigenvalue weighted by atomic mass is 19.4. The molecule has 0 radical (unpaired) electrons. The van der Waals surface area contributed by atoms with Crippen LogP contribution in [0.2, 0.25) is 0 Å². The van der Waals surface area contributed by atoms with E-state index in [0.717, 1.165) is 5.01 Å². The van der Waals surface area contributed by atoms with Gasteiger partial charge in [0.2, 0.25) is 5.91 Å². The summed E-state index contributed by atoms with van der Waals surface area (Å²) in [4.78, 5) is 11.2. The van der Waals surface area contributed by atoms with E-state index >= 15 is 0 Å². The second-order valence-electron chi connectivity index (χ2n) is 4.81. The summed E-state index contributed by atoms with van der Waals surface area (Å²) < 4.78 is 45.7. The maximum atomic E-state index is 13.4. The van der Waals surface area contributed by atoms with Crippen molar-refractivity contribution in [3.63, 3.8) is 0 Å². The maximum Gasteiger partial charge on any atom is 0.410 e. The summed E-state index contributed by atoms with van der Waals surface area (Å²) >= 11 is 0. The van der Waals surface area contributed by atoms with E-state index in [9.17, 15) is 18.0 Å². The van der Waals surface area contributed by atoms with Crippen LogP contribution in [-0.2, 0) is 4.79 Å². The Hall–Kier alpha value is -1.76. The van der Waals surface area contributed by atoms with E-state index in [1.807, 2.05) is 6.92 Å². The number of benzene rings is 1. The number of nitrogens with zero attached hydrogens (tertiary/aromatic N) is 1. The Bertz CT molecular complexity index is 505. The van der Waals surface area contributed by atoms with Crippen molar-refractivity contribution >= 4 is 5.91 Å². The molecule has 0 aliphatic carbocycles. The van der Waals surface area contributed by atoms with Gasteiger partial charge in [-0.1, -0.05) is 25.1 Å². The molecule has 7 heteroatoms. The Morgan fingerprint density at radius 2 is 2.10 bits per heavy atom. The smallest absolute Gasteiger partial charge is 0.410 e. The molecule has 1 N–H and O–H groups in total. The van der Waals surface area contributed by atoms with Crippen LogP contribution >= 0.6 is 0 Å². The molecule has 116 valence electrons. The number of para-hydroxylation sites is 1. The number of hydrogen-bond acceptors (Lipinski definition) is 3. The Balaban J connectivity index is 2.35. The number of hydrazine groups is 1. The van der Waals surface area contributed by atoms with E-state index < -0.39 is 18.1 Å². The van der Waals surface area contributed by atoms with E-state index in [1.54, 1.807) is 6.07 Å². The van der Waals surface area contributed by atoms with E-state index in [1.165, 1.54) is 18.2 Å². The molecule has 1 aliphatic heterocycles. The molecule has 1 aliphatic rings. The van der Waals surface area contributed by atoms with E-state index in [4.69, 9.17) is 4.74 Å². The fourth-order valence-corrected chi connectivity index (χ4v) is 2.26. The molecule has 0 spiro atoms. The third-order valence-corrected chi connectivity index (χ3v) is 3.15. The zero-order valence-electron chi connectivity index (χ0n) is 11.6. The van der Waals surface area contributed by atoms with Crippen LogP contribution in [-0.4, -0.2) is 30.2 Å². The molecule has 1 fully saturated rings. The summed E-state index contributed by atoms with van der Waals surface area (Å²) in [6, 6.07) is 4.15. The highest BCUT2D eigenvalue weighted by Gasteiger charge is 2.48. The molecule has 1 aromatic rings. The number of rotatable bonds is 5. The number of alkyl halides is 3. The SMILES string of the molecule is CCCOc1ccccc1C(N1CCC(=O)N1)C(F)(F)F. The third-order valence-electron chi connectivity index (χ3n) is 3.15. The minimum atomic E-state index is -4.51. The van der Waals surface area contributed by atoms with E-state index in [-0.39, 0.29) is 24.3 Å². The lowest BCUT2D eigenvalue weighted by molar-refractivity contribution is -0.191. The number of carbonyl (C=O) groups excluding carboxylic acids is 1. The lowest BCUT2D eigenvalue weighted by atomic mass is 10.0. The normalized spacial score (nSPS) is 17.6. The number of nitrogens with one attached hydrogen (secondary N) is 1. The van der Waals surface area contributed by atoms with Crippen molar-refractivity contribution in [3.8, 4) is 5.75 Å². The maximum absolute atomic E-state index is 13.4. The zero-order valence-corrected chi connectivity index (χ0v) is 11.6. The molecular weight excluding hydrogens is 285 g/mol. The van der Waals surface area contributed by atoms with Gasteiger partial charge in [-0.3, -0.25) is 10.2 Å². The van der Waals surface area contributed by atoms with Gasteiger partial charge in [0, 0.05) is 18.5 Å². The molecule has 1 heterocycles. The molecule has 0 saturated carbocycles. The van der Waals surface area contributed by atoms with Gasteiger partial charge < -0.3 is 4.74 Å². The van der Waals surface area contributed by atoms with Gasteiger partial charge in [-0.25, -0.2) is 5.01 Å². The Kier molecular flexibility index (Phi) is 4.72. The van der Waals surface area contributed by atoms with Gasteiger partial charge in [-0.2, -0.15) is 13.2 Å². The summed E-state index contributed by atoms with van der Waals surface area (Å²) in [5, 5.41) is 0.927. The first kappa shape index (κ1) is 15.6. The van der Waals surface area contributed by atoms with Crippen molar-refractivity contribution < 1.29 is 22.7 Å². The molecule has 1 aromatic carbocycles. The zero-order chi connectivity index (χ0) is 15.5. The van der Waals surface area contributed by atoms with Gasteiger partial charge in [0.25, 0.3) is 0 Å². The minimum absolute atomic E-state index is 0.0145. The predicted molar refractivity (Wildman–Crippen MR) is 70.5 cm³/mol. The van der Waals surface area contributed by atoms with Crippen LogP contribution < -0.4 is 10.2 Å². The molecule has 0 bridgehead atoms. The lowest BCUT2D eigenvalue weighted by Crippen LogP contribution is -2.43. The monoisotopic (exact) mass is 302 g/mol. The topological polar surface area (TPSA) is 41.6 Å². The number of halogens is 3. The summed E-state index contributed by atoms with van der Waals surface area (Å²) in [5.41, 5.74) is 2.28. The minimum Gasteiger partial charge on any atom is -0.493 e. The van der Waals surface area contributed by atoms with Crippen molar-refractivity contribution in [2.75, 3.05) is 13.2 Å². The number of amides is 1. The van der Waals surface area contributed by atoms with Gasteiger partial charge >= 0.3 is 6.18 Å². The first-order chi connectivity index (χ1) is 9.93. The van der Waals surface area contributed by atoms with Crippen LogP contribution in [0, 0.1) is 0 Å². The molecule has 2 rings (SSSR count). The Morgan fingerprint density at radius 1 is 1.38 bits per heavy atom. The van der Waals surface area contributed by atoms with E-state index in [0.29, 0.717) is 13.0 Å². The van der Waals surface area contributed by atoms with Crippen molar-refractivity contribution in [2.45, 2.75) is 32.0 Å². The quantitative estimate of drug-likeness (QED) is 0.909. The van der Waals surface area contributed by atoms with Crippen molar-refractivity contribution in [3.05, 3.63) is 29.8 Å². The van der Waals surface area contributed by atoms with Gasteiger partial charge in [-0.05, 0) is 12.5 Å². The molecular formula is C14H17F3N2O2. The van der Waals surface area contributed by atoms with Crippen LogP contribution in [0.1, 0.15) is 31.4 Å². The van der Waals surface area contributed by atoms with Crippen molar-refractivity contribution in [1.29, 1.82) is 0 Å². The van der Waals surface area contributed by atoms with E-state index in [2.05, 4.69) is 5.43 Å². The largest absolute Gasteiger partial charge is 0.493 e. The fourth-order valence-electron chi connectivity index (χ4n) is 2.26. The molecule has 1 amide bonds. The Labute approximate surface area is 120 Å². The summed E-state index contributed by atoms with van der Waals surface area (Å²) in [6.07, 6.45) is -3.75. The lowest BCUT2D eigenvalue weighted by Gasteiger charge is -2.30. The molecule has 1 atom stereocenters. The standard InChI is InChI=1S/C14H17F3N2O2/c1-2-9-21-11-6-4-3-5-10(11)13(14(15,16)17)19-8-7-12(20)18-19/h3-6,13H,2,7-9H2,1H3,(H,18,20). The van der Waals surface area contributed by atoms with Gasteiger partial charge in [0.05, 0.1) is 6.61 Å².